The van der Waals surface area contributed by atoms with Crippen LogP contribution < -0.4 is 5.32 Å². The van der Waals surface area contributed by atoms with E-state index >= 15 is 0 Å². The second kappa shape index (κ2) is 8.23. The van der Waals surface area contributed by atoms with Crippen LogP contribution in [0, 0.1) is 5.92 Å². The van der Waals surface area contributed by atoms with Crippen LogP contribution in [0.5, 0.6) is 0 Å². The molecule has 1 N–H and O–H groups in total. The molecule has 3 nitrogen and oxygen atoms in total. The van der Waals surface area contributed by atoms with Crippen molar-refractivity contribution in [1.29, 1.82) is 0 Å². The maximum atomic E-state index is 5.28. The summed E-state index contributed by atoms with van der Waals surface area (Å²) < 4.78 is 5.28. The maximum absolute atomic E-state index is 5.28. The van der Waals surface area contributed by atoms with Crippen molar-refractivity contribution in [3.63, 3.8) is 0 Å². The summed E-state index contributed by atoms with van der Waals surface area (Å²) in [6.45, 7) is 6.55. The van der Waals surface area contributed by atoms with E-state index in [2.05, 4.69) is 17.1 Å². The molecule has 2 fully saturated rings. The third-order valence-electron chi connectivity index (χ3n) is 4.76. The quantitative estimate of drug-likeness (QED) is 0.696. The predicted octanol–water partition coefficient (Wildman–Crippen LogP) is 2.66. The molecular weight excluding hydrogens is 236 g/mol. The van der Waals surface area contributed by atoms with Crippen LogP contribution in [-0.2, 0) is 4.74 Å². The maximum Gasteiger partial charge on any atom is 0.0589 e. The van der Waals surface area contributed by atoms with Gasteiger partial charge in [-0.05, 0) is 38.1 Å². The molecule has 0 aromatic heterocycles. The number of ether oxygens (including phenoxy) is 1. The SMILES string of the molecule is CCNC(CN(CCOC)C1CC1)C1CCCCC1. The Kier molecular flexibility index (Phi) is 6.62. The van der Waals surface area contributed by atoms with Crippen molar-refractivity contribution in [2.24, 2.45) is 5.92 Å². The van der Waals surface area contributed by atoms with E-state index in [0.717, 1.165) is 31.7 Å². The van der Waals surface area contributed by atoms with Crippen molar-refractivity contribution < 1.29 is 4.74 Å². The molecule has 1 unspecified atom stereocenters. The highest BCUT2D eigenvalue weighted by molar-refractivity contribution is 4.89. The van der Waals surface area contributed by atoms with Gasteiger partial charge in [0, 0.05) is 32.3 Å². The van der Waals surface area contributed by atoms with E-state index < -0.39 is 0 Å². The standard InChI is InChI=1S/C16H32N2O/c1-3-17-16(14-7-5-4-6-8-14)13-18(11-12-19-2)15-9-10-15/h14-17H,3-13H2,1-2H3. The van der Waals surface area contributed by atoms with Crippen molar-refractivity contribution >= 4 is 0 Å². The van der Waals surface area contributed by atoms with Gasteiger partial charge in [0.25, 0.3) is 0 Å². The van der Waals surface area contributed by atoms with Gasteiger partial charge >= 0.3 is 0 Å². The predicted molar refractivity (Wildman–Crippen MR) is 80.5 cm³/mol. The average molecular weight is 268 g/mol. The molecule has 2 rings (SSSR count). The number of nitrogens with zero attached hydrogens (tertiary/aromatic N) is 1. The largest absolute Gasteiger partial charge is 0.383 e. The molecule has 0 amide bonds. The van der Waals surface area contributed by atoms with E-state index in [4.69, 9.17) is 4.74 Å². The summed E-state index contributed by atoms with van der Waals surface area (Å²) in [5.74, 6) is 0.900. The molecule has 112 valence electrons. The van der Waals surface area contributed by atoms with Crippen LogP contribution in [-0.4, -0.2) is 50.3 Å². The Balaban J connectivity index is 1.85. The van der Waals surface area contributed by atoms with Crippen molar-refractivity contribution in [2.75, 3.05) is 33.4 Å². The number of rotatable bonds is 9. The third kappa shape index (κ3) is 5.05. The van der Waals surface area contributed by atoms with Gasteiger partial charge in [-0.15, -0.1) is 0 Å². The monoisotopic (exact) mass is 268 g/mol. The molecule has 0 saturated heterocycles. The minimum absolute atomic E-state index is 0.697. The van der Waals surface area contributed by atoms with Gasteiger partial charge in [0.05, 0.1) is 6.61 Å². The lowest BCUT2D eigenvalue weighted by Gasteiger charge is -2.35. The average Bonchev–Trinajstić information content (AvgIpc) is 3.28. The third-order valence-corrected chi connectivity index (χ3v) is 4.76. The zero-order valence-electron chi connectivity index (χ0n) is 12.9. The summed E-state index contributed by atoms with van der Waals surface area (Å²) in [7, 11) is 1.81. The molecule has 0 aliphatic heterocycles. The van der Waals surface area contributed by atoms with E-state index in [1.54, 1.807) is 0 Å². The first kappa shape index (κ1) is 15.3. The van der Waals surface area contributed by atoms with E-state index in [1.807, 2.05) is 7.11 Å². The minimum Gasteiger partial charge on any atom is -0.383 e. The van der Waals surface area contributed by atoms with Crippen molar-refractivity contribution in [2.45, 2.75) is 64.0 Å². The van der Waals surface area contributed by atoms with Gasteiger partial charge in [0.1, 0.15) is 0 Å². The van der Waals surface area contributed by atoms with Crippen LogP contribution in [0.15, 0.2) is 0 Å². The van der Waals surface area contributed by atoms with Gasteiger partial charge < -0.3 is 10.1 Å². The van der Waals surface area contributed by atoms with Crippen molar-refractivity contribution in [3.05, 3.63) is 0 Å². The van der Waals surface area contributed by atoms with Gasteiger partial charge in [-0.25, -0.2) is 0 Å². The highest BCUT2D eigenvalue weighted by Gasteiger charge is 2.32. The Labute approximate surface area is 119 Å². The van der Waals surface area contributed by atoms with Crippen LogP contribution in [0.3, 0.4) is 0 Å². The Morgan fingerprint density at radius 3 is 2.47 bits per heavy atom. The minimum atomic E-state index is 0.697. The summed E-state index contributed by atoms with van der Waals surface area (Å²) in [5, 5.41) is 3.76. The molecule has 0 aromatic carbocycles. The van der Waals surface area contributed by atoms with Gasteiger partial charge in [-0.1, -0.05) is 26.2 Å². The Morgan fingerprint density at radius 1 is 1.16 bits per heavy atom. The van der Waals surface area contributed by atoms with E-state index in [1.165, 1.54) is 51.5 Å². The Morgan fingerprint density at radius 2 is 1.89 bits per heavy atom. The molecule has 0 radical (unpaired) electrons. The van der Waals surface area contributed by atoms with Gasteiger partial charge in [0.2, 0.25) is 0 Å². The fraction of sp³-hybridized carbons (Fsp3) is 1.00. The molecule has 0 heterocycles. The van der Waals surface area contributed by atoms with E-state index in [9.17, 15) is 0 Å². The number of likely N-dealkylation sites (N-methyl/N-ethyl adjacent to an activating group) is 1. The molecule has 0 spiro atoms. The first-order chi connectivity index (χ1) is 9.35. The molecule has 1 atom stereocenters. The fourth-order valence-electron chi connectivity index (χ4n) is 3.50. The number of nitrogens with one attached hydrogen (secondary N) is 1. The summed E-state index contributed by atoms with van der Waals surface area (Å²) in [6.07, 6.45) is 9.98. The molecule has 0 aromatic rings. The van der Waals surface area contributed by atoms with Crippen LogP contribution >= 0.6 is 0 Å². The topological polar surface area (TPSA) is 24.5 Å². The summed E-state index contributed by atoms with van der Waals surface area (Å²) in [6, 6.07) is 1.54. The number of methoxy groups -OCH3 is 1. The lowest BCUT2D eigenvalue weighted by Crippen LogP contribution is -2.47. The van der Waals surface area contributed by atoms with Crippen LogP contribution in [0.1, 0.15) is 51.9 Å². The first-order valence-electron chi connectivity index (χ1n) is 8.31. The van der Waals surface area contributed by atoms with Crippen molar-refractivity contribution in [1.82, 2.24) is 10.2 Å². The summed E-state index contributed by atoms with van der Waals surface area (Å²) in [4.78, 5) is 2.67. The number of hydrogen-bond acceptors (Lipinski definition) is 3. The lowest BCUT2D eigenvalue weighted by molar-refractivity contribution is 0.122. The molecule has 2 aliphatic carbocycles. The second-order valence-electron chi connectivity index (χ2n) is 6.28. The summed E-state index contributed by atoms with van der Waals surface area (Å²) >= 11 is 0. The molecule has 2 aliphatic rings. The molecule has 19 heavy (non-hydrogen) atoms. The van der Waals surface area contributed by atoms with Crippen molar-refractivity contribution in [3.8, 4) is 0 Å². The second-order valence-corrected chi connectivity index (χ2v) is 6.28. The number of hydrogen-bond donors (Lipinski definition) is 1. The summed E-state index contributed by atoms with van der Waals surface area (Å²) in [5.41, 5.74) is 0. The Bertz CT molecular complexity index is 237. The van der Waals surface area contributed by atoms with Crippen LogP contribution in [0.2, 0.25) is 0 Å². The normalized spacial score (nSPS) is 22.9. The van der Waals surface area contributed by atoms with Gasteiger partial charge in [-0.3, -0.25) is 4.90 Å². The van der Waals surface area contributed by atoms with E-state index in [-0.39, 0.29) is 0 Å². The Hall–Kier alpha value is -0.120. The van der Waals surface area contributed by atoms with Crippen LogP contribution in [0.25, 0.3) is 0 Å². The molecular formula is C16H32N2O. The molecule has 3 heteroatoms. The first-order valence-corrected chi connectivity index (χ1v) is 8.31. The zero-order valence-corrected chi connectivity index (χ0v) is 12.9. The highest BCUT2D eigenvalue weighted by atomic mass is 16.5. The van der Waals surface area contributed by atoms with Gasteiger partial charge in [-0.2, -0.15) is 0 Å². The zero-order chi connectivity index (χ0) is 13.5. The lowest BCUT2D eigenvalue weighted by atomic mass is 9.83. The van der Waals surface area contributed by atoms with E-state index in [0.29, 0.717) is 6.04 Å². The molecule has 2 saturated carbocycles. The fourth-order valence-corrected chi connectivity index (χ4v) is 3.50. The van der Waals surface area contributed by atoms with Gasteiger partial charge in [0.15, 0.2) is 0 Å². The highest BCUT2D eigenvalue weighted by Crippen LogP contribution is 2.30. The smallest absolute Gasteiger partial charge is 0.0589 e. The molecule has 0 bridgehead atoms. The van der Waals surface area contributed by atoms with Crippen LogP contribution in [0.4, 0.5) is 0 Å².